The van der Waals surface area contributed by atoms with E-state index in [1.165, 1.54) is 31.2 Å². The SMILES string of the molecule is Clc1ccccc1-c1cc2c(-c3nc(NC4[C@@H]5CC[C@H]4CNC5)c4c(C5CC5)cncc4n3)ccnc2[nH]1. The van der Waals surface area contributed by atoms with Crippen LogP contribution in [-0.2, 0) is 0 Å². The zero-order chi connectivity index (χ0) is 25.2. The first-order valence-electron chi connectivity index (χ1n) is 13.6. The fourth-order valence-electron chi connectivity index (χ4n) is 6.56. The van der Waals surface area contributed by atoms with E-state index in [1.54, 1.807) is 0 Å². The molecule has 0 radical (unpaired) electrons. The average Bonchev–Trinajstić information content (AvgIpc) is 3.66. The van der Waals surface area contributed by atoms with Crippen LogP contribution in [-0.4, -0.2) is 44.1 Å². The highest BCUT2D eigenvalue weighted by atomic mass is 35.5. The normalized spacial score (nSPS) is 22.8. The summed E-state index contributed by atoms with van der Waals surface area (Å²) in [4.78, 5) is 23.0. The number of benzene rings is 1. The average molecular weight is 522 g/mol. The van der Waals surface area contributed by atoms with Gasteiger partial charge in [-0.2, -0.15) is 0 Å². The molecule has 3 fully saturated rings. The molecule has 3 aliphatic rings. The van der Waals surface area contributed by atoms with E-state index in [1.807, 2.05) is 48.9 Å². The summed E-state index contributed by atoms with van der Waals surface area (Å²) in [5.41, 5.74) is 5.78. The zero-order valence-corrected chi connectivity index (χ0v) is 21.7. The lowest BCUT2D eigenvalue weighted by Gasteiger charge is -2.32. The molecule has 0 amide bonds. The van der Waals surface area contributed by atoms with Gasteiger partial charge in [0, 0.05) is 51.1 Å². The van der Waals surface area contributed by atoms with Gasteiger partial charge in [0.15, 0.2) is 5.82 Å². The molecule has 2 aliphatic carbocycles. The Morgan fingerprint density at radius 1 is 0.921 bits per heavy atom. The van der Waals surface area contributed by atoms with Gasteiger partial charge < -0.3 is 15.6 Å². The van der Waals surface area contributed by atoms with Crippen molar-refractivity contribution in [2.45, 2.75) is 37.6 Å². The van der Waals surface area contributed by atoms with E-state index < -0.39 is 0 Å². The largest absolute Gasteiger partial charge is 0.366 e. The maximum atomic E-state index is 6.51. The Morgan fingerprint density at radius 2 is 1.76 bits per heavy atom. The summed E-state index contributed by atoms with van der Waals surface area (Å²) < 4.78 is 0. The highest BCUT2D eigenvalue weighted by Crippen LogP contribution is 2.45. The van der Waals surface area contributed by atoms with Gasteiger partial charge in [0.1, 0.15) is 11.5 Å². The van der Waals surface area contributed by atoms with Crippen LogP contribution in [0.2, 0.25) is 5.02 Å². The van der Waals surface area contributed by atoms with Crippen molar-refractivity contribution < 1.29 is 0 Å². The van der Waals surface area contributed by atoms with Crippen LogP contribution < -0.4 is 10.6 Å². The highest BCUT2D eigenvalue weighted by Gasteiger charge is 2.39. The van der Waals surface area contributed by atoms with Gasteiger partial charge in [-0.25, -0.2) is 15.0 Å². The minimum atomic E-state index is 0.430. The Labute approximate surface area is 225 Å². The molecule has 8 rings (SSSR count). The topological polar surface area (TPSA) is 91.4 Å². The molecule has 3 atom stereocenters. The lowest BCUT2D eigenvalue weighted by atomic mass is 9.93. The fraction of sp³-hybridized carbons (Fsp3) is 0.333. The Bertz CT molecular complexity index is 1680. The van der Waals surface area contributed by atoms with Crippen molar-refractivity contribution in [3.63, 3.8) is 0 Å². The van der Waals surface area contributed by atoms with Gasteiger partial charge >= 0.3 is 0 Å². The molecule has 1 saturated heterocycles. The van der Waals surface area contributed by atoms with Crippen molar-refractivity contribution >= 4 is 39.4 Å². The van der Waals surface area contributed by atoms with Crippen molar-refractivity contribution in [1.82, 2.24) is 30.2 Å². The molecule has 3 N–H and O–H groups in total. The number of H-pyrrole nitrogens is 1. The molecule has 0 spiro atoms. The van der Waals surface area contributed by atoms with Crippen LogP contribution >= 0.6 is 11.6 Å². The summed E-state index contributed by atoms with van der Waals surface area (Å²) in [5, 5.41) is 10.4. The van der Waals surface area contributed by atoms with Crippen LogP contribution in [0.5, 0.6) is 0 Å². The molecule has 1 aliphatic heterocycles. The molecule has 2 bridgehead atoms. The first-order valence-corrected chi connectivity index (χ1v) is 14.0. The number of hydrogen-bond acceptors (Lipinski definition) is 6. The third-order valence-corrected chi connectivity index (χ3v) is 8.96. The van der Waals surface area contributed by atoms with Crippen LogP contribution in [0.3, 0.4) is 0 Å². The maximum absolute atomic E-state index is 6.51. The van der Waals surface area contributed by atoms with Crippen LogP contribution in [0.4, 0.5) is 5.82 Å². The predicted molar refractivity (Wildman–Crippen MR) is 151 cm³/mol. The number of pyridine rings is 2. The van der Waals surface area contributed by atoms with Crippen molar-refractivity contribution in [2.24, 2.45) is 11.8 Å². The molecular formula is C30H28ClN7. The Hall–Kier alpha value is -3.55. The lowest BCUT2D eigenvalue weighted by molar-refractivity contribution is 0.342. The van der Waals surface area contributed by atoms with Crippen LogP contribution in [0.25, 0.3) is 44.6 Å². The van der Waals surface area contributed by atoms with Gasteiger partial charge in [0.2, 0.25) is 0 Å². The first kappa shape index (κ1) is 22.4. The van der Waals surface area contributed by atoms with Gasteiger partial charge in [-0.1, -0.05) is 29.8 Å². The molecule has 2 saturated carbocycles. The Kier molecular flexibility index (Phi) is 5.17. The van der Waals surface area contributed by atoms with E-state index in [2.05, 4.69) is 31.7 Å². The summed E-state index contributed by atoms with van der Waals surface area (Å²) in [6, 6.07) is 12.4. The summed E-state index contributed by atoms with van der Waals surface area (Å²) in [6.45, 7) is 2.14. The Morgan fingerprint density at radius 3 is 2.58 bits per heavy atom. The molecule has 190 valence electrons. The number of hydrogen-bond donors (Lipinski definition) is 3. The number of rotatable bonds is 5. The second-order valence-electron chi connectivity index (χ2n) is 11.0. The van der Waals surface area contributed by atoms with Crippen molar-refractivity contribution in [3.8, 4) is 22.6 Å². The van der Waals surface area contributed by atoms with Crippen LogP contribution in [0.1, 0.15) is 37.2 Å². The quantitative estimate of drug-likeness (QED) is 0.256. The van der Waals surface area contributed by atoms with Crippen LogP contribution in [0, 0.1) is 11.8 Å². The standard InChI is InChI=1S/C30H28ClN7/c31-23-4-2-1-3-20(23)24-11-21-19(9-10-34-28(21)35-24)29-36-25-15-33-14-22(16-5-6-16)26(25)30(38-29)37-27-17-7-8-18(27)13-32-12-17/h1-4,9-11,14-18,27,32H,5-8,12-13H2,(H,34,35)(H,36,37,38)/t17-,18+,27?. The number of aromatic nitrogens is 5. The third-order valence-electron chi connectivity index (χ3n) is 8.63. The second kappa shape index (κ2) is 8.75. The van der Waals surface area contributed by atoms with Crippen molar-refractivity contribution in [3.05, 3.63) is 65.6 Å². The van der Waals surface area contributed by atoms with Gasteiger partial charge in [-0.15, -0.1) is 0 Å². The maximum Gasteiger partial charge on any atom is 0.163 e. The summed E-state index contributed by atoms with van der Waals surface area (Å²) in [7, 11) is 0. The van der Waals surface area contributed by atoms with E-state index in [0.717, 1.165) is 57.7 Å². The Balaban J connectivity index is 1.29. The van der Waals surface area contributed by atoms with Gasteiger partial charge in [-0.3, -0.25) is 4.98 Å². The van der Waals surface area contributed by atoms with Crippen LogP contribution in [0.15, 0.2) is 55.0 Å². The number of anilines is 1. The summed E-state index contributed by atoms with van der Waals surface area (Å²) in [6.07, 6.45) is 10.7. The fourth-order valence-corrected chi connectivity index (χ4v) is 6.80. The molecule has 1 aromatic carbocycles. The number of nitrogens with one attached hydrogen (secondary N) is 3. The number of nitrogens with zero attached hydrogens (tertiary/aromatic N) is 4. The molecule has 38 heavy (non-hydrogen) atoms. The van der Waals surface area contributed by atoms with E-state index in [4.69, 9.17) is 21.6 Å². The highest BCUT2D eigenvalue weighted by molar-refractivity contribution is 6.33. The minimum Gasteiger partial charge on any atom is -0.366 e. The predicted octanol–water partition coefficient (Wildman–Crippen LogP) is 6.18. The third kappa shape index (κ3) is 3.68. The summed E-state index contributed by atoms with van der Waals surface area (Å²) >= 11 is 6.51. The minimum absolute atomic E-state index is 0.430. The molecular weight excluding hydrogens is 494 g/mol. The van der Waals surface area contributed by atoms with E-state index in [0.29, 0.717) is 34.6 Å². The second-order valence-corrected chi connectivity index (χ2v) is 11.4. The first-order chi connectivity index (χ1) is 18.7. The van der Waals surface area contributed by atoms with Gasteiger partial charge in [-0.05, 0) is 80.3 Å². The van der Waals surface area contributed by atoms with Gasteiger partial charge in [0.05, 0.1) is 11.7 Å². The summed E-state index contributed by atoms with van der Waals surface area (Å²) in [5.74, 6) is 3.45. The smallest absolute Gasteiger partial charge is 0.163 e. The number of fused-ring (bicyclic) bond motifs is 4. The zero-order valence-electron chi connectivity index (χ0n) is 20.9. The van der Waals surface area contributed by atoms with E-state index >= 15 is 0 Å². The number of piperidine rings is 1. The lowest BCUT2D eigenvalue weighted by Crippen LogP contribution is -2.45. The van der Waals surface area contributed by atoms with E-state index in [9.17, 15) is 0 Å². The van der Waals surface area contributed by atoms with Crippen molar-refractivity contribution in [1.29, 1.82) is 0 Å². The molecule has 4 aromatic heterocycles. The monoisotopic (exact) mass is 521 g/mol. The number of aromatic amines is 1. The molecule has 5 heterocycles. The molecule has 8 heteroatoms. The van der Waals surface area contributed by atoms with Gasteiger partial charge in [0.25, 0.3) is 0 Å². The molecule has 5 aromatic rings. The van der Waals surface area contributed by atoms with Crippen molar-refractivity contribution in [2.75, 3.05) is 18.4 Å². The van der Waals surface area contributed by atoms with E-state index in [-0.39, 0.29) is 0 Å². The molecule has 7 nitrogen and oxygen atoms in total. The number of halogens is 1. The molecule has 1 unspecified atom stereocenters.